The maximum Gasteiger partial charge on any atom is 0.159 e. The quantitative estimate of drug-likeness (QED) is 0.757. The molecule has 1 aliphatic rings. The lowest BCUT2D eigenvalue weighted by atomic mass is 10.1. The van der Waals surface area contributed by atoms with Gasteiger partial charge in [-0.3, -0.25) is 9.69 Å². The van der Waals surface area contributed by atoms with E-state index in [1.807, 2.05) is 11.0 Å². The Labute approximate surface area is 159 Å². The number of para-hydroxylation sites is 1. The minimum atomic E-state index is -0.613. The molecule has 1 aliphatic heterocycles. The second-order valence-electron chi connectivity index (χ2n) is 6.78. The van der Waals surface area contributed by atoms with E-state index in [0.29, 0.717) is 23.5 Å². The molecular formula is C21H25FN2O3. The SMILES string of the molecule is CC(=O)c1ccc(OC[C@H](O)CN2CCN(c3ccccc3F)CC2)cc1. The molecule has 0 aromatic heterocycles. The van der Waals surface area contributed by atoms with Crippen molar-refractivity contribution in [3.63, 3.8) is 0 Å². The van der Waals surface area contributed by atoms with Crippen LogP contribution in [0.15, 0.2) is 48.5 Å². The zero-order valence-corrected chi connectivity index (χ0v) is 15.5. The van der Waals surface area contributed by atoms with Crippen LogP contribution in [-0.2, 0) is 0 Å². The fraction of sp³-hybridized carbons (Fsp3) is 0.381. The second-order valence-corrected chi connectivity index (χ2v) is 6.78. The van der Waals surface area contributed by atoms with E-state index in [0.717, 1.165) is 26.2 Å². The van der Waals surface area contributed by atoms with E-state index in [9.17, 15) is 14.3 Å². The van der Waals surface area contributed by atoms with E-state index in [2.05, 4.69) is 4.90 Å². The Hall–Kier alpha value is -2.44. The van der Waals surface area contributed by atoms with E-state index in [1.165, 1.54) is 13.0 Å². The first-order valence-electron chi connectivity index (χ1n) is 9.16. The summed E-state index contributed by atoms with van der Waals surface area (Å²) in [4.78, 5) is 15.5. The minimum Gasteiger partial charge on any atom is -0.491 e. The van der Waals surface area contributed by atoms with Gasteiger partial charge in [0.2, 0.25) is 0 Å². The smallest absolute Gasteiger partial charge is 0.159 e. The highest BCUT2D eigenvalue weighted by Gasteiger charge is 2.21. The molecule has 1 heterocycles. The average molecular weight is 372 g/mol. The maximum atomic E-state index is 13.9. The molecule has 27 heavy (non-hydrogen) atoms. The van der Waals surface area contributed by atoms with Gasteiger partial charge in [-0.15, -0.1) is 0 Å². The van der Waals surface area contributed by atoms with Crippen LogP contribution in [0.1, 0.15) is 17.3 Å². The molecule has 1 atom stereocenters. The Bertz CT molecular complexity index is 758. The van der Waals surface area contributed by atoms with Crippen LogP contribution >= 0.6 is 0 Å². The van der Waals surface area contributed by atoms with Gasteiger partial charge < -0.3 is 14.7 Å². The molecule has 0 saturated carbocycles. The molecule has 1 saturated heterocycles. The summed E-state index contributed by atoms with van der Waals surface area (Å²) in [5, 5.41) is 10.2. The zero-order valence-electron chi connectivity index (χ0n) is 15.5. The molecule has 144 valence electrons. The van der Waals surface area contributed by atoms with Crippen LogP contribution in [0.25, 0.3) is 0 Å². The van der Waals surface area contributed by atoms with Crippen molar-refractivity contribution >= 4 is 11.5 Å². The number of ketones is 1. The molecule has 0 amide bonds. The topological polar surface area (TPSA) is 53.0 Å². The minimum absolute atomic E-state index is 0.0103. The first kappa shape index (κ1) is 19.3. The number of aliphatic hydroxyl groups excluding tert-OH is 1. The third kappa shape index (κ3) is 5.28. The predicted octanol–water partition coefficient (Wildman–Crippen LogP) is 2.59. The predicted molar refractivity (Wildman–Crippen MR) is 103 cm³/mol. The fourth-order valence-corrected chi connectivity index (χ4v) is 3.21. The molecule has 2 aromatic rings. The number of rotatable bonds is 7. The lowest BCUT2D eigenvalue weighted by Crippen LogP contribution is -2.49. The number of nitrogens with zero attached hydrogens (tertiary/aromatic N) is 2. The Morgan fingerprint density at radius 2 is 1.78 bits per heavy atom. The lowest BCUT2D eigenvalue weighted by Gasteiger charge is -2.36. The van der Waals surface area contributed by atoms with Crippen LogP contribution < -0.4 is 9.64 Å². The van der Waals surface area contributed by atoms with Gasteiger partial charge >= 0.3 is 0 Å². The molecular weight excluding hydrogens is 347 g/mol. The summed E-state index contributed by atoms with van der Waals surface area (Å²) in [6.07, 6.45) is -0.613. The molecule has 1 fully saturated rings. The third-order valence-electron chi connectivity index (χ3n) is 4.74. The summed E-state index contributed by atoms with van der Waals surface area (Å²) in [6, 6.07) is 13.7. The highest BCUT2D eigenvalue weighted by molar-refractivity contribution is 5.94. The lowest BCUT2D eigenvalue weighted by molar-refractivity contribution is 0.0662. The number of piperazine rings is 1. The average Bonchev–Trinajstić information content (AvgIpc) is 2.68. The van der Waals surface area contributed by atoms with Crippen molar-refractivity contribution in [2.45, 2.75) is 13.0 Å². The standard InChI is InChI=1S/C21H25FN2O3/c1-16(25)17-6-8-19(9-7-17)27-15-18(26)14-23-10-12-24(13-11-23)21-5-3-2-4-20(21)22/h2-9,18,26H,10-15H2,1H3/t18-/m1/s1. The van der Waals surface area contributed by atoms with Crippen molar-refractivity contribution in [2.24, 2.45) is 0 Å². The molecule has 0 bridgehead atoms. The Kier molecular flexibility index (Phi) is 6.42. The largest absolute Gasteiger partial charge is 0.491 e. The summed E-state index contributed by atoms with van der Waals surface area (Å²) >= 11 is 0. The van der Waals surface area contributed by atoms with Crippen LogP contribution in [0.3, 0.4) is 0 Å². The van der Waals surface area contributed by atoms with Crippen molar-refractivity contribution < 1.29 is 19.0 Å². The number of carbonyl (C=O) groups is 1. The monoisotopic (exact) mass is 372 g/mol. The normalized spacial score (nSPS) is 16.2. The molecule has 0 aliphatic carbocycles. The van der Waals surface area contributed by atoms with Crippen molar-refractivity contribution in [1.29, 1.82) is 0 Å². The van der Waals surface area contributed by atoms with Gasteiger partial charge in [0, 0.05) is 38.3 Å². The number of aliphatic hydroxyl groups is 1. The maximum absolute atomic E-state index is 13.9. The van der Waals surface area contributed by atoms with Crippen LogP contribution in [0, 0.1) is 5.82 Å². The molecule has 0 radical (unpaired) electrons. The van der Waals surface area contributed by atoms with Gasteiger partial charge in [0.25, 0.3) is 0 Å². The summed E-state index contributed by atoms with van der Waals surface area (Å²) < 4.78 is 19.5. The number of carbonyl (C=O) groups excluding carboxylic acids is 1. The summed E-state index contributed by atoms with van der Waals surface area (Å²) in [7, 11) is 0. The Morgan fingerprint density at radius 3 is 2.41 bits per heavy atom. The van der Waals surface area contributed by atoms with Crippen LogP contribution in [-0.4, -0.2) is 61.2 Å². The van der Waals surface area contributed by atoms with E-state index < -0.39 is 6.10 Å². The van der Waals surface area contributed by atoms with Crippen molar-refractivity contribution in [2.75, 3.05) is 44.2 Å². The van der Waals surface area contributed by atoms with Gasteiger partial charge in [0.1, 0.15) is 24.3 Å². The molecule has 0 spiro atoms. The molecule has 2 aromatic carbocycles. The number of anilines is 1. The number of Topliss-reactive ketones (excluding diaryl/α,β-unsaturated/α-hetero) is 1. The first-order valence-corrected chi connectivity index (χ1v) is 9.16. The number of hydrogen-bond acceptors (Lipinski definition) is 5. The van der Waals surface area contributed by atoms with E-state index in [1.54, 1.807) is 36.4 Å². The van der Waals surface area contributed by atoms with Gasteiger partial charge in [-0.2, -0.15) is 0 Å². The molecule has 6 heteroatoms. The van der Waals surface area contributed by atoms with E-state index >= 15 is 0 Å². The highest BCUT2D eigenvalue weighted by Crippen LogP contribution is 2.20. The summed E-state index contributed by atoms with van der Waals surface area (Å²) in [5.74, 6) is 0.440. The number of benzene rings is 2. The van der Waals surface area contributed by atoms with Gasteiger partial charge in [0.15, 0.2) is 5.78 Å². The molecule has 5 nitrogen and oxygen atoms in total. The number of β-amino-alcohol motifs (C(OH)–C–C–N with tert-alkyl or cyclic N) is 1. The summed E-state index contributed by atoms with van der Waals surface area (Å²) in [6.45, 7) is 5.19. The number of ether oxygens (including phenoxy) is 1. The van der Waals surface area contributed by atoms with Crippen LogP contribution in [0.5, 0.6) is 5.75 Å². The second kappa shape index (κ2) is 8.97. The number of halogens is 1. The van der Waals surface area contributed by atoms with Gasteiger partial charge in [-0.05, 0) is 43.3 Å². The molecule has 3 rings (SSSR count). The van der Waals surface area contributed by atoms with Gasteiger partial charge in [0.05, 0.1) is 5.69 Å². The third-order valence-corrected chi connectivity index (χ3v) is 4.74. The first-order chi connectivity index (χ1) is 13.0. The summed E-state index contributed by atoms with van der Waals surface area (Å²) in [5.41, 5.74) is 1.27. The Morgan fingerprint density at radius 1 is 1.11 bits per heavy atom. The Balaban J connectivity index is 1.42. The van der Waals surface area contributed by atoms with E-state index in [-0.39, 0.29) is 18.2 Å². The van der Waals surface area contributed by atoms with Crippen molar-refractivity contribution in [3.8, 4) is 5.75 Å². The molecule has 0 unspecified atom stereocenters. The van der Waals surface area contributed by atoms with Crippen LogP contribution in [0.4, 0.5) is 10.1 Å². The zero-order chi connectivity index (χ0) is 19.2. The van der Waals surface area contributed by atoms with Gasteiger partial charge in [-0.1, -0.05) is 12.1 Å². The van der Waals surface area contributed by atoms with Crippen molar-refractivity contribution in [3.05, 3.63) is 59.9 Å². The highest BCUT2D eigenvalue weighted by atomic mass is 19.1. The van der Waals surface area contributed by atoms with Crippen LogP contribution in [0.2, 0.25) is 0 Å². The number of hydrogen-bond donors (Lipinski definition) is 1. The van der Waals surface area contributed by atoms with E-state index in [4.69, 9.17) is 4.74 Å². The van der Waals surface area contributed by atoms with Crippen molar-refractivity contribution in [1.82, 2.24) is 4.90 Å². The van der Waals surface area contributed by atoms with Gasteiger partial charge in [-0.25, -0.2) is 4.39 Å². The fourth-order valence-electron chi connectivity index (χ4n) is 3.21. The molecule has 1 N–H and O–H groups in total.